The molecule has 0 aliphatic rings. The van der Waals surface area contributed by atoms with Gasteiger partial charge in [0.2, 0.25) is 0 Å². The third-order valence-electron chi connectivity index (χ3n) is 2.08. The predicted octanol–water partition coefficient (Wildman–Crippen LogP) is 0.285. The number of pyridine rings is 1. The molecule has 17 heavy (non-hydrogen) atoms. The van der Waals surface area contributed by atoms with Crippen molar-refractivity contribution in [2.24, 2.45) is 5.84 Å². The number of nitrogens with zero attached hydrogens (tertiary/aromatic N) is 2. The second-order valence-corrected chi connectivity index (χ2v) is 3.25. The van der Waals surface area contributed by atoms with E-state index in [1.807, 2.05) is 0 Å². The summed E-state index contributed by atoms with van der Waals surface area (Å²) in [5, 5.41) is 6.33. The largest absolute Gasteiger partial charge is 0.364 e. The molecular weight excluding hydrogens is 222 g/mol. The van der Waals surface area contributed by atoms with Crippen LogP contribution in [0.4, 0.5) is 5.69 Å². The molecule has 0 saturated heterocycles. The molecule has 7 heteroatoms. The molecular formula is C10H11N5O2. The Morgan fingerprint density at radius 1 is 1.47 bits per heavy atom. The van der Waals surface area contributed by atoms with Gasteiger partial charge in [0.1, 0.15) is 17.7 Å². The number of nitrogen functional groups attached to an aromatic ring is 1. The number of hydrazine groups is 1. The minimum atomic E-state index is -0.301. The van der Waals surface area contributed by atoms with Gasteiger partial charge in [0, 0.05) is 12.3 Å². The summed E-state index contributed by atoms with van der Waals surface area (Å²) in [5.74, 6) is 4.94. The van der Waals surface area contributed by atoms with Crippen LogP contribution >= 0.6 is 0 Å². The number of amides is 1. The topological polar surface area (TPSA) is 106 Å². The van der Waals surface area contributed by atoms with Crippen LogP contribution in [-0.2, 0) is 6.54 Å². The lowest BCUT2D eigenvalue weighted by Gasteiger charge is -2.04. The Bertz CT molecular complexity index is 497. The summed E-state index contributed by atoms with van der Waals surface area (Å²) in [4.78, 5) is 15.6. The highest BCUT2D eigenvalue weighted by Crippen LogP contribution is 2.06. The molecule has 0 radical (unpaired) electrons. The Morgan fingerprint density at radius 3 is 3.06 bits per heavy atom. The third kappa shape index (κ3) is 2.79. The number of anilines is 1. The summed E-state index contributed by atoms with van der Waals surface area (Å²) in [6, 6.07) is 4.89. The van der Waals surface area contributed by atoms with Gasteiger partial charge in [-0.25, -0.2) is 0 Å². The molecule has 0 spiro atoms. The Kier molecular flexibility index (Phi) is 3.31. The molecule has 2 heterocycles. The van der Waals surface area contributed by atoms with Crippen LogP contribution in [0.3, 0.4) is 0 Å². The molecule has 2 aromatic rings. The van der Waals surface area contributed by atoms with E-state index in [1.165, 1.54) is 12.5 Å². The highest BCUT2D eigenvalue weighted by Gasteiger charge is 2.08. The zero-order chi connectivity index (χ0) is 12.1. The van der Waals surface area contributed by atoms with Crippen molar-refractivity contribution >= 4 is 11.6 Å². The Labute approximate surface area is 97.0 Å². The van der Waals surface area contributed by atoms with Gasteiger partial charge >= 0.3 is 0 Å². The van der Waals surface area contributed by atoms with E-state index in [1.54, 1.807) is 18.2 Å². The summed E-state index contributed by atoms with van der Waals surface area (Å²) in [6.45, 7) is 0.289. The zero-order valence-electron chi connectivity index (χ0n) is 8.88. The minimum absolute atomic E-state index is 0.281. The van der Waals surface area contributed by atoms with E-state index >= 15 is 0 Å². The van der Waals surface area contributed by atoms with E-state index in [0.29, 0.717) is 11.4 Å². The normalized spacial score (nSPS) is 9.94. The van der Waals surface area contributed by atoms with Crippen LogP contribution in [0.5, 0.6) is 0 Å². The third-order valence-corrected chi connectivity index (χ3v) is 2.08. The molecule has 0 aliphatic heterocycles. The first kappa shape index (κ1) is 11.1. The lowest BCUT2D eigenvalue weighted by Crippen LogP contribution is -2.24. The van der Waals surface area contributed by atoms with Gasteiger partial charge in [0.15, 0.2) is 0 Å². The van der Waals surface area contributed by atoms with Crippen LogP contribution in [0.25, 0.3) is 0 Å². The first-order chi connectivity index (χ1) is 8.29. The second-order valence-electron chi connectivity index (χ2n) is 3.25. The Morgan fingerprint density at radius 2 is 2.35 bits per heavy atom. The summed E-state index contributed by atoms with van der Waals surface area (Å²) in [6.07, 6.45) is 2.94. The van der Waals surface area contributed by atoms with Gasteiger partial charge in [-0.05, 0) is 12.1 Å². The highest BCUT2D eigenvalue weighted by molar-refractivity contribution is 5.92. The van der Waals surface area contributed by atoms with E-state index in [4.69, 9.17) is 5.84 Å². The van der Waals surface area contributed by atoms with Gasteiger partial charge in [-0.2, -0.15) is 0 Å². The standard InChI is InChI=1S/C10H11N5O2/c11-14-7-1-3-12-9(5-7)10(16)13-6-8-2-4-17-15-8/h1-5H,6,11H2,(H,12,14)(H,13,16). The molecule has 2 rings (SSSR count). The number of rotatable bonds is 4. The Hall–Kier alpha value is -2.41. The number of carbonyl (C=O) groups excluding carboxylic acids is 1. The maximum atomic E-state index is 11.7. The molecule has 88 valence electrons. The fraction of sp³-hybridized carbons (Fsp3) is 0.100. The maximum absolute atomic E-state index is 11.7. The van der Waals surface area contributed by atoms with E-state index < -0.39 is 0 Å². The summed E-state index contributed by atoms with van der Waals surface area (Å²) < 4.78 is 4.65. The van der Waals surface area contributed by atoms with Crippen molar-refractivity contribution in [1.82, 2.24) is 15.5 Å². The summed E-state index contributed by atoms with van der Waals surface area (Å²) in [5.41, 5.74) is 3.99. The molecule has 0 fully saturated rings. The number of carbonyl (C=O) groups is 1. The van der Waals surface area contributed by atoms with Crippen molar-refractivity contribution in [1.29, 1.82) is 0 Å². The average Bonchev–Trinajstić information content (AvgIpc) is 2.89. The number of hydrogen-bond donors (Lipinski definition) is 3. The SMILES string of the molecule is NNc1ccnc(C(=O)NCc2ccon2)c1. The second kappa shape index (κ2) is 5.08. The average molecular weight is 233 g/mol. The molecule has 0 unspecified atom stereocenters. The van der Waals surface area contributed by atoms with E-state index in [0.717, 1.165) is 0 Å². The summed E-state index contributed by atoms with van der Waals surface area (Å²) in [7, 11) is 0. The molecule has 0 saturated carbocycles. The van der Waals surface area contributed by atoms with Gasteiger partial charge in [0.05, 0.1) is 12.2 Å². The van der Waals surface area contributed by atoms with Gasteiger partial charge in [-0.3, -0.25) is 15.6 Å². The lowest BCUT2D eigenvalue weighted by atomic mass is 10.3. The van der Waals surface area contributed by atoms with Gasteiger partial charge in [-0.15, -0.1) is 0 Å². The first-order valence-corrected chi connectivity index (χ1v) is 4.89. The van der Waals surface area contributed by atoms with Crippen LogP contribution in [0.1, 0.15) is 16.2 Å². The number of aromatic nitrogens is 2. The fourth-order valence-electron chi connectivity index (χ4n) is 1.23. The van der Waals surface area contributed by atoms with Crippen molar-refractivity contribution in [3.8, 4) is 0 Å². The highest BCUT2D eigenvalue weighted by atomic mass is 16.5. The first-order valence-electron chi connectivity index (χ1n) is 4.89. The molecule has 0 atom stereocenters. The maximum Gasteiger partial charge on any atom is 0.270 e. The fourth-order valence-corrected chi connectivity index (χ4v) is 1.23. The van der Waals surface area contributed by atoms with E-state index in [2.05, 4.69) is 25.4 Å². The van der Waals surface area contributed by atoms with Crippen LogP contribution in [0.15, 0.2) is 35.2 Å². The van der Waals surface area contributed by atoms with Crippen molar-refractivity contribution in [2.45, 2.75) is 6.54 Å². The van der Waals surface area contributed by atoms with Crippen molar-refractivity contribution in [3.05, 3.63) is 42.0 Å². The van der Waals surface area contributed by atoms with Crippen molar-refractivity contribution in [2.75, 3.05) is 5.43 Å². The Balaban J connectivity index is 1.99. The van der Waals surface area contributed by atoms with E-state index in [9.17, 15) is 4.79 Å². The van der Waals surface area contributed by atoms with Crippen LogP contribution in [0.2, 0.25) is 0 Å². The van der Waals surface area contributed by atoms with Gasteiger partial charge in [0.25, 0.3) is 5.91 Å². The van der Waals surface area contributed by atoms with Gasteiger partial charge in [-0.1, -0.05) is 5.16 Å². The number of nitrogens with two attached hydrogens (primary N) is 1. The summed E-state index contributed by atoms with van der Waals surface area (Å²) >= 11 is 0. The minimum Gasteiger partial charge on any atom is -0.364 e. The smallest absolute Gasteiger partial charge is 0.270 e. The van der Waals surface area contributed by atoms with Crippen LogP contribution in [0, 0.1) is 0 Å². The van der Waals surface area contributed by atoms with Crippen LogP contribution in [-0.4, -0.2) is 16.0 Å². The predicted molar refractivity (Wildman–Crippen MR) is 59.7 cm³/mol. The van der Waals surface area contributed by atoms with Crippen molar-refractivity contribution in [3.63, 3.8) is 0 Å². The number of hydrogen-bond acceptors (Lipinski definition) is 6. The molecule has 0 aliphatic carbocycles. The monoisotopic (exact) mass is 233 g/mol. The van der Waals surface area contributed by atoms with Crippen molar-refractivity contribution < 1.29 is 9.32 Å². The molecule has 4 N–H and O–H groups in total. The number of nitrogens with one attached hydrogen (secondary N) is 2. The van der Waals surface area contributed by atoms with E-state index in [-0.39, 0.29) is 18.1 Å². The molecule has 2 aromatic heterocycles. The lowest BCUT2D eigenvalue weighted by molar-refractivity contribution is 0.0945. The van der Waals surface area contributed by atoms with Crippen LogP contribution < -0.4 is 16.6 Å². The molecule has 0 bridgehead atoms. The molecule has 7 nitrogen and oxygen atoms in total. The van der Waals surface area contributed by atoms with Gasteiger partial charge < -0.3 is 15.3 Å². The quantitative estimate of drug-likeness (QED) is 0.517. The zero-order valence-corrected chi connectivity index (χ0v) is 8.88. The molecule has 0 aromatic carbocycles. The molecule has 1 amide bonds.